The highest BCUT2D eigenvalue weighted by Crippen LogP contribution is 2.34. The number of hydrogen-bond acceptors (Lipinski definition) is 3. The minimum Gasteiger partial charge on any atom is -0.462 e. The van der Waals surface area contributed by atoms with Gasteiger partial charge in [-0.25, -0.2) is 0 Å². The summed E-state index contributed by atoms with van der Waals surface area (Å²) in [5.74, 6) is 0.934. The van der Waals surface area contributed by atoms with Crippen molar-refractivity contribution in [3.63, 3.8) is 0 Å². The van der Waals surface area contributed by atoms with Gasteiger partial charge in [-0.1, -0.05) is 0 Å². The lowest BCUT2D eigenvalue weighted by Crippen LogP contribution is -2.06. The average Bonchev–Trinajstić information content (AvgIpc) is 2.84. The number of anilines is 1. The predicted molar refractivity (Wildman–Crippen MR) is 71.1 cm³/mol. The van der Waals surface area contributed by atoms with Gasteiger partial charge < -0.3 is 14.8 Å². The highest BCUT2D eigenvalue weighted by Gasteiger charge is 2.30. The van der Waals surface area contributed by atoms with Crippen LogP contribution >= 0.6 is 15.9 Å². The molecule has 0 aliphatic heterocycles. The Morgan fingerprint density at radius 3 is 2.45 bits per heavy atom. The van der Waals surface area contributed by atoms with Crippen LogP contribution in [0.1, 0.15) is 17.1 Å². The molecule has 0 spiro atoms. The van der Waals surface area contributed by atoms with E-state index in [9.17, 15) is 13.2 Å². The van der Waals surface area contributed by atoms with Crippen molar-refractivity contribution < 1.29 is 22.7 Å². The van der Waals surface area contributed by atoms with Crippen LogP contribution in [0.25, 0.3) is 0 Å². The van der Waals surface area contributed by atoms with E-state index in [2.05, 4.69) is 21.2 Å². The van der Waals surface area contributed by atoms with E-state index in [0.717, 1.165) is 12.1 Å². The molecule has 0 saturated carbocycles. The van der Waals surface area contributed by atoms with E-state index in [1.807, 2.05) is 0 Å². The summed E-state index contributed by atoms with van der Waals surface area (Å²) in [6, 6.07) is 6.64. The highest BCUT2D eigenvalue weighted by atomic mass is 79.9. The Bertz CT molecular complexity index is 596. The fourth-order valence-electron chi connectivity index (χ4n) is 1.62. The summed E-state index contributed by atoms with van der Waals surface area (Å²) in [6.07, 6.45) is -4.38. The van der Waals surface area contributed by atoms with Crippen molar-refractivity contribution >= 4 is 21.6 Å². The number of furan rings is 1. The number of hydrogen-bond donors (Lipinski definition) is 2. The van der Waals surface area contributed by atoms with Gasteiger partial charge in [-0.15, -0.1) is 0 Å². The quantitative estimate of drug-likeness (QED) is 0.870. The Morgan fingerprint density at radius 2 is 1.85 bits per heavy atom. The molecule has 0 radical (unpaired) electrons. The first-order chi connectivity index (χ1) is 9.40. The van der Waals surface area contributed by atoms with Gasteiger partial charge in [0.15, 0.2) is 0 Å². The number of rotatable bonds is 4. The van der Waals surface area contributed by atoms with Crippen LogP contribution in [0.5, 0.6) is 0 Å². The number of alkyl halides is 3. The number of aliphatic hydroxyl groups excluding tert-OH is 1. The second-order valence-corrected chi connectivity index (χ2v) is 4.93. The highest BCUT2D eigenvalue weighted by molar-refractivity contribution is 9.10. The van der Waals surface area contributed by atoms with E-state index in [4.69, 9.17) is 9.52 Å². The molecular formula is C13H11BrF3NO2. The van der Waals surface area contributed by atoms with E-state index in [1.54, 1.807) is 12.1 Å². The zero-order valence-electron chi connectivity index (χ0n) is 10.2. The Kier molecular flexibility index (Phi) is 4.39. The van der Waals surface area contributed by atoms with Gasteiger partial charge in [0.1, 0.15) is 18.1 Å². The summed E-state index contributed by atoms with van der Waals surface area (Å²) in [7, 11) is 0. The molecule has 0 unspecified atom stereocenters. The van der Waals surface area contributed by atoms with Crippen LogP contribution < -0.4 is 5.32 Å². The summed E-state index contributed by atoms with van der Waals surface area (Å²) >= 11 is 3.19. The molecule has 1 heterocycles. The van der Waals surface area contributed by atoms with Gasteiger partial charge in [-0.3, -0.25) is 0 Å². The minimum absolute atomic E-state index is 0.215. The van der Waals surface area contributed by atoms with Crippen molar-refractivity contribution in [2.75, 3.05) is 5.32 Å². The lowest BCUT2D eigenvalue weighted by molar-refractivity contribution is -0.137. The Balaban J connectivity index is 2.12. The van der Waals surface area contributed by atoms with Crippen LogP contribution in [0.15, 0.2) is 39.2 Å². The van der Waals surface area contributed by atoms with E-state index in [1.165, 1.54) is 6.07 Å². The van der Waals surface area contributed by atoms with Crippen LogP contribution in [-0.2, 0) is 19.3 Å². The second kappa shape index (κ2) is 5.88. The van der Waals surface area contributed by atoms with Crippen molar-refractivity contribution in [1.29, 1.82) is 0 Å². The fourth-order valence-corrected chi connectivity index (χ4v) is 2.01. The van der Waals surface area contributed by atoms with Crippen molar-refractivity contribution in [1.82, 2.24) is 0 Å². The summed E-state index contributed by atoms with van der Waals surface area (Å²) in [5.41, 5.74) is -0.402. The molecule has 20 heavy (non-hydrogen) atoms. The van der Waals surface area contributed by atoms with Gasteiger partial charge >= 0.3 is 6.18 Å². The molecule has 0 atom stereocenters. The smallest absolute Gasteiger partial charge is 0.416 e. The van der Waals surface area contributed by atoms with Gasteiger partial charge in [-0.2, -0.15) is 13.2 Å². The normalized spacial score (nSPS) is 11.7. The number of aliphatic hydroxyl groups is 1. The molecular weight excluding hydrogens is 339 g/mol. The summed E-state index contributed by atoms with van der Waals surface area (Å²) in [4.78, 5) is 0. The third-order valence-electron chi connectivity index (χ3n) is 2.62. The lowest BCUT2D eigenvalue weighted by atomic mass is 10.2. The first-order valence-electron chi connectivity index (χ1n) is 5.69. The molecule has 0 amide bonds. The fraction of sp³-hybridized carbons (Fsp3) is 0.231. The SMILES string of the molecule is OCc1ccc(CNc2cc(C(F)(F)F)ccc2Br)o1. The Morgan fingerprint density at radius 1 is 1.15 bits per heavy atom. The molecule has 2 rings (SSSR count). The number of halogens is 4. The molecule has 3 nitrogen and oxygen atoms in total. The van der Waals surface area contributed by atoms with E-state index in [0.29, 0.717) is 21.7 Å². The van der Waals surface area contributed by atoms with Crippen LogP contribution in [0.3, 0.4) is 0 Å². The predicted octanol–water partition coefficient (Wildman–Crippen LogP) is 4.17. The van der Waals surface area contributed by atoms with Crippen molar-refractivity contribution in [2.24, 2.45) is 0 Å². The minimum atomic E-state index is -4.38. The Hall–Kier alpha value is -1.47. The van der Waals surface area contributed by atoms with Crippen LogP contribution in [0.2, 0.25) is 0 Å². The van der Waals surface area contributed by atoms with E-state index >= 15 is 0 Å². The van der Waals surface area contributed by atoms with E-state index < -0.39 is 11.7 Å². The van der Waals surface area contributed by atoms with Crippen LogP contribution in [0, 0.1) is 0 Å². The third-order valence-corrected chi connectivity index (χ3v) is 3.31. The molecule has 7 heteroatoms. The molecule has 0 fully saturated rings. The molecule has 0 aliphatic rings. The average molecular weight is 350 g/mol. The van der Waals surface area contributed by atoms with Crippen molar-refractivity contribution in [2.45, 2.75) is 19.3 Å². The topological polar surface area (TPSA) is 45.4 Å². The second-order valence-electron chi connectivity index (χ2n) is 4.07. The van der Waals surface area contributed by atoms with Crippen LogP contribution in [-0.4, -0.2) is 5.11 Å². The van der Waals surface area contributed by atoms with Crippen LogP contribution in [0.4, 0.5) is 18.9 Å². The first kappa shape index (κ1) is 14.9. The molecule has 1 aromatic carbocycles. The largest absolute Gasteiger partial charge is 0.462 e. The lowest BCUT2D eigenvalue weighted by Gasteiger charge is -2.11. The number of nitrogens with one attached hydrogen (secondary N) is 1. The molecule has 0 aliphatic carbocycles. The molecule has 0 saturated heterocycles. The first-order valence-corrected chi connectivity index (χ1v) is 6.48. The van der Waals surface area contributed by atoms with E-state index in [-0.39, 0.29) is 13.2 Å². The van der Waals surface area contributed by atoms with Crippen molar-refractivity contribution in [3.05, 3.63) is 51.9 Å². The summed E-state index contributed by atoms with van der Waals surface area (Å²) in [5, 5.41) is 11.7. The zero-order valence-corrected chi connectivity index (χ0v) is 11.8. The van der Waals surface area contributed by atoms with Gasteiger partial charge in [0.2, 0.25) is 0 Å². The molecule has 2 N–H and O–H groups in total. The maximum atomic E-state index is 12.6. The standard InChI is InChI=1S/C13H11BrF3NO2/c14-11-4-1-8(13(15,16)17)5-12(11)18-6-9-2-3-10(7-19)20-9/h1-5,18-19H,6-7H2. The maximum Gasteiger partial charge on any atom is 0.416 e. The maximum absolute atomic E-state index is 12.6. The summed E-state index contributed by atoms with van der Waals surface area (Å²) < 4.78 is 43.6. The zero-order chi connectivity index (χ0) is 14.8. The number of benzene rings is 1. The van der Waals surface area contributed by atoms with Gasteiger partial charge in [0.05, 0.1) is 12.1 Å². The molecule has 0 bridgehead atoms. The summed E-state index contributed by atoms with van der Waals surface area (Å²) in [6.45, 7) is 0.00711. The third kappa shape index (κ3) is 3.55. The van der Waals surface area contributed by atoms with Crippen molar-refractivity contribution in [3.8, 4) is 0 Å². The molecule has 2 aromatic rings. The van der Waals surface area contributed by atoms with Gasteiger partial charge in [0, 0.05) is 10.2 Å². The monoisotopic (exact) mass is 349 g/mol. The van der Waals surface area contributed by atoms with Gasteiger partial charge in [0.25, 0.3) is 0 Å². The molecule has 108 valence electrons. The molecule has 1 aromatic heterocycles. The Labute approximate surface area is 121 Å². The van der Waals surface area contributed by atoms with Gasteiger partial charge in [-0.05, 0) is 46.3 Å².